The molecule has 1 aromatic heterocycles. The Hall–Kier alpha value is -4.27. The molecule has 4 rings (SSSR count). The third kappa shape index (κ3) is 5.29. The van der Waals surface area contributed by atoms with Gasteiger partial charge < -0.3 is 29.3 Å². The maximum atomic E-state index is 12.8. The van der Waals surface area contributed by atoms with Crippen LogP contribution in [0.15, 0.2) is 64.4 Å². The lowest BCUT2D eigenvalue weighted by Gasteiger charge is -2.29. The number of methoxy groups -OCH3 is 1. The van der Waals surface area contributed by atoms with Gasteiger partial charge in [-0.25, -0.2) is 9.59 Å². The Bertz CT molecular complexity index is 1290. The Balaban J connectivity index is 1.56. The van der Waals surface area contributed by atoms with Crippen molar-refractivity contribution in [3.63, 3.8) is 0 Å². The largest absolute Gasteiger partial charge is 0.497 e. The molecular formula is C26H26N2O7. The molecule has 1 aliphatic heterocycles. The van der Waals surface area contributed by atoms with Crippen LogP contribution in [0.3, 0.4) is 0 Å². The average Bonchev–Trinajstić information content (AvgIpc) is 3.23. The van der Waals surface area contributed by atoms with E-state index in [9.17, 15) is 14.4 Å². The van der Waals surface area contributed by atoms with Crippen molar-refractivity contribution in [3.8, 4) is 5.75 Å². The second-order valence-electron chi connectivity index (χ2n) is 8.02. The van der Waals surface area contributed by atoms with Gasteiger partial charge in [0.25, 0.3) is 0 Å². The summed E-state index contributed by atoms with van der Waals surface area (Å²) < 4.78 is 21.4. The fourth-order valence-corrected chi connectivity index (χ4v) is 3.91. The third-order valence-electron chi connectivity index (χ3n) is 5.62. The predicted octanol–water partition coefficient (Wildman–Crippen LogP) is 3.71. The zero-order valence-corrected chi connectivity index (χ0v) is 19.7. The first kappa shape index (κ1) is 23.9. The minimum Gasteiger partial charge on any atom is -0.497 e. The lowest BCUT2D eigenvalue weighted by atomic mass is 9.95. The summed E-state index contributed by atoms with van der Waals surface area (Å²) in [5.74, 6) is -0.521. The number of benzene rings is 2. The number of nitrogens with one attached hydrogen (secondary N) is 2. The molecule has 0 aliphatic carbocycles. The van der Waals surface area contributed by atoms with Crippen molar-refractivity contribution in [3.05, 3.63) is 76.7 Å². The fourth-order valence-electron chi connectivity index (χ4n) is 3.91. The molecule has 1 atom stereocenters. The van der Waals surface area contributed by atoms with E-state index in [0.717, 1.165) is 10.9 Å². The van der Waals surface area contributed by atoms with Crippen molar-refractivity contribution < 1.29 is 33.0 Å². The van der Waals surface area contributed by atoms with Crippen molar-refractivity contribution in [1.82, 2.24) is 10.6 Å². The van der Waals surface area contributed by atoms with Gasteiger partial charge in [0.1, 0.15) is 17.9 Å². The van der Waals surface area contributed by atoms with E-state index in [1.807, 2.05) is 25.1 Å². The van der Waals surface area contributed by atoms with Crippen LogP contribution in [0.4, 0.5) is 4.79 Å². The molecule has 3 aromatic rings. The van der Waals surface area contributed by atoms with E-state index in [4.69, 9.17) is 18.6 Å². The van der Waals surface area contributed by atoms with E-state index in [0.29, 0.717) is 22.5 Å². The van der Waals surface area contributed by atoms with Gasteiger partial charge in [0.05, 0.1) is 43.7 Å². The highest BCUT2D eigenvalue weighted by atomic mass is 16.5. The molecule has 2 N–H and O–H groups in total. The van der Waals surface area contributed by atoms with Crippen LogP contribution in [-0.4, -0.2) is 38.3 Å². The zero-order valence-electron chi connectivity index (χ0n) is 19.7. The van der Waals surface area contributed by atoms with Gasteiger partial charge >= 0.3 is 18.0 Å². The second-order valence-corrected chi connectivity index (χ2v) is 8.02. The number of esters is 2. The Kier molecular flexibility index (Phi) is 7.05. The molecule has 0 fully saturated rings. The summed E-state index contributed by atoms with van der Waals surface area (Å²) in [5.41, 5.74) is 3.39. The molecule has 1 aliphatic rings. The quantitative estimate of drug-likeness (QED) is 0.474. The molecule has 2 amide bonds. The summed E-state index contributed by atoms with van der Waals surface area (Å²) in [6, 6.07) is 11.3. The topological polar surface area (TPSA) is 116 Å². The monoisotopic (exact) mass is 478 g/mol. The smallest absolute Gasteiger partial charge is 0.338 e. The van der Waals surface area contributed by atoms with Crippen LogP contribution >= 0.6 is 0 Å². The van der Waals surface area contributed by atoms with Crippen LogP contribution in [0.5, 0.6) is 5.75 Å². The molecule has 35 heavy (non-hydrogen) atoms. The summed E-state index contributed by atoms with van der Waals surface area (Å²) in [4.78, 5) is 37.9. The lowest BCUT2D eigenvalue weighted by Crippen LogP contribution is -2.47. The molecule has 1 unspecified atom stereocenters. The number of rotatable bonds is 8. The van der Waals surface area contributed by atoms with E-state index in [1.165, 1.54) is 6.26 Å². The lowest BCUT2D eigenvalue weighted by molar-refractivity contribution is -0.143. The van der Waals surface area contributed by atoms with Crippen molar-refractivity contribution in [2.24, 2.45) is 0 Å². The van der Waals surface area contributed by atoms with Gasteiger partial charge in [-0.05, 0) is 43.2 Å². The summed E-state index contributed by atoms with van der Waals surface area (Å²) >= 11 is 0. The maximum absolute atomic E-state index is 12.8. The van der Waals surface area contributed by atoms with Gasteiger partial charge in [0.2, 0.25) is 0 Å². The number of aryl methyl sites for hydroxylation is 1. The Morgan fingerprint density at radius 3 is 2.57 bits per heavy atom. The van der Waals surface area contributed by atoms with Crippen LogP contribution in [-0.2, 0) is 25.5 Å². The molecule has 0 spiro atoms. The normalized spacial score (nSPS) is 15.4. The number of carbonyl (C=O) groups is 3. The number of furan rings is 1. The SMILES string of the molecule is CCOC(=O)C1=C(COC(=O)Cc2coc3cc(C)ccc23)NC(=O)NC1c1ccc(OC)cc1. The highest BCUT2D eigenvalue weighted by Crippen LogP contribution is 2.29. The highest BCUT2D eigenvalue weighted by Gasteiger charge is 2.34. The number of urea groups is 1. The van der Waals surface area contributed by atoms with Crippen molar-refractivity contribution >= 4 is 28.9 Å². The summed E-state index contributed by atoms with van der Waals surface area (Å²) in [5, 5.41) is 6.15. The van der Waals surface area contributed by atoms with Crippen LogP contribution in [0.2, 0.25) is 0 Å². The van der Waals surface area contributed by atoms with Crippen molar-refractivity contribution in [1.29, 1.82) is 0 Å². The molecule has 182 valence electrons. The Labute approximate surface area is 202 Å². The van der Waals surface area contributed by atoms with Gasteiger partial charge in [-0.1, -0.05) is 24.3 Å². The number of carbonyl (C=O) groups excluding carboxylic acids is 3. The second kappa shape index (κ2) is 10.3. The van der Waals surface area contributed by atoms with Crippen LogP contribution in [0, 0.1) is 6.92 Å². The molecule has 0 saturated carbocycles. The minimum absolute atomic E-state index is 0.0216. The number of hydrogen-bond acceptors (Lipinski definition) is 7. The molecule has 2 heterocycles. The van der Waals surface area contributed by atoms with Crippen molar-refractivity contribution in [2.75, 3.05) is 20.3 Å². The predicted molar refractivity (Wildman–Crippen MR) is 127 cm³/mol. The molecule has 0 radical (unpaired) electrons. The Morgan fingerprint density at radius 2 is 1.86 bits per heavy atom. The molecule has 0 bridgehead atoms. The standard InChI is InChI=1S/C26H26N2O7/c1-4-33-25(30)23-20(27-26(31)28-24(23)16-6-8-18(32-3)9-7-16)14-35-22(29)12-17-13-34-21-11-15(2)5-10-19(17)21/h5-11,13,24H,4,12,14H2,1-3H3,(H2,27,28,31). The van der Waals surface area contributed by atoms with E-state index in [-0.39, 0.29) is 30.9 Å². The van der Waals surface area contributed by atoms with Gasteiger partial charge in [0, 0.05) is 10.9 Å². The first-order valence-corrected chi connectivity index (χ1v) is 11.1. The van der Waals surface area contributed by atoms with E-state index in [1.54, 1.807) is 38.3 Å². The van der Waals surface area contributed by atoms with E-state index >= 15 is 0 Å². The maximum Gasteiger partial charge on any atom is 0.338 e. The number of amides is 2. The summed E-state index contributed by atoms with van der Waals surface area (Å²) in [6.45, 7) is 3.48. The fraction of sp³-hybridized carbons (Fsp3) is 0.269. The number of fused-ring (bicyclic) bond motifs is 1. The summed E-state index contributed by atoms with van der Waals surface area (Å²) in [6.07, 6.45) is 1.51. The molecule has 0 saturated heterocycles. The first-order valence-electron chi connectivity index (χ1n) is 11.1. The first-order chi connectivity index (χ1) is 16.9. The summed E-state index contributed by atoms with van der Waals surface area (Å²) in [7, 11) is 1.55. The van der Waals surface area contributed by atoms with Crippen molar-refractivity contribution in [2.45, 2.75) is 26.3 Å². The number of hydrogen-bond donors (Lipinski definition) is 2. The van der Waals surface area contributed by atoms with Crippen LogP contribution < -0.4 is 15.4 Å². The van der Waals surface area contributed by atoms with Crippen LogP contribution in [0.1, 0.15) is 29.7 Å². The van der Waals surface area contributed by atoms with Gasteiger partial charge in [-0.3, -0.25) is 4.79 Å². The zero-order chi connectivity index (χ0) is 24.9. The van der Waals surface area contributed by atoms with Gasteiger partial charge in [-0.2, -0.15) is 0 Å². The third-order valence-corrected chi connectivity index (χ3v) is 5.62. The average molecular weight is 479 g/mol. The van der Waals surface area contributed by atoms with E-state index in [2.05, 4.69) is 10.6 Å². The van der Waals surface area contributed by atoms with Gasteiger partial charge in [0.15, 0.2) is 0 Å². The van der Waals surface area contributed by atoms with Gasteiger partial charge in [-0.15, -0.1) is 0 Å². The molecular weight excluding hydrogens is 452 g/mol. The van der Waals surface area contributed by atoms with Crippen LogP contribution in [0.25, 0.3) is 11.0 Å². The minimum atomic E-state index is -0.788. The van der Waals surface area contributed by atoms with E-state index < -0.39 is 24.0 Å². The Morgan fingerprint density at radius 1 is 1.09 bits per heavy atom. The molecule has 2 aromatic carbocycles. The molecule has 9 heteroatoms. The highest BCUT2D eigenvalue weighted by molar-refractivity contribution is 5.95. The molecule has 9 nitrogen and oxygen atoms in total. The number of ether oxygens (including phenoxy) is 3.